The number of aliphatic imine (C=N–C) groups is 1. The van der Waals surface area contributed by atoms with Crippen molar-refractivity contribution in [1.29, 1.82) is 0 Å². The lowest BCUT2D eigenvalue weighted by Crippen LogP contribution is -2.43. The van der Waals surface area contributed by atoms with E-state index in [1.54, 1.807) is 18.4 Å². The van der Waals surface area contributed by atoms with Gasteiger partial charge in [-0.1, -0.05) is 12.1 Å². The van der Waals surface area contributed by atoms with Gasteiger partial charge in [0.15, 0.2) is 5.96 Å². The van der Waals surface area contributed by atoms with Crippen LogP contribution in [0.2, 0.25) is 0 Å². The molecule has 8 heteroatoms. The first-order chi connectivity index (χ1) is 14.7. The molecule has 0 bridgehead atoms. The fourth-order valence-corrected chi connectivity index (χ4v) is 4.69. The first kappa shape index (κ1) is 25.9. The zero-order valence-electron chi connectivity index (χ0n) is 18.9. The molecule has 0 amide bonds. The van der Waals surface area contributed by atoms with Crippen LogP contribution in [0, 0.1) is 6.92 Å². The van der Waals surface area contributed by atoms with E-state index in [1.807, 2.05) is 7.05 Å². The molecule has 0 radical (unpaired) electrons. The summed E-state index contributed by atoms with van der Waals surface area (Å²) in [5.74, 6) is 1.77. The summed E-state index contributed by atoms with van der Waals surface area (Å²) in [6.45, 7) is 6.12. The van der Waals surface area contributed by atoms with Crippen molar-refractivity contribution in [2.24, 2.45) is 4.99 Å². The third-order valence-corrected chi connectivity index (χ3v) is 6.57. The molecular weight excluding hydrogens is 521 g/mol. The van der Waals surface area contributed by atoms with Gasteiger partial charge in [-0.2, -0.15) is 0 Å². The van der Waals surface area contributed by atoms with Crippen LogP contribution in [0.1, 0.15) is 48.0 Å². The van der Waals surface area contributed by atoms with Crippen molar-refractivity contribution >= 4 is 41.3 Å². The second kappa shape index (κ2) is 13.9. The molecule has 1 aliphatic heterocycles. The van der Waals surface area contributed by atoms with Crippen LogP contribution < -0.4 is 15.4 Å². The number of hydrogen-bond acceptors (Lipinski definition) is 5. The van der Waals surface area contributed by atoms with Gasteiger partial charge in [-0.15, -0.1) is 35.3 Å². The minimum Gasteiger partial charge on any atom is -0.497 e. The number of rotatable bonds is 10. The first-order valence-corrected chi connectivity index (χ1v) is 11.8. The van der Waals surface area contributed by atoms with Crippen molar-refractivity contribution < 1.29 is 4.74 Å². The molecule has 1 aromatic heterocycles. The maximum Gasteiger partial charge on any atom is 0.191 e. The summed E-state index contributed by atoms with van der Waals surface area (Å²) in [5.41, 5.74) is 2.45. The zero-order chi connectivity index (χ0) is 21.2. The lowest BCUT2D eigenvalue weighted by molar-refractivity contribution is 0.245. The molecule has 6 nitrogen and oxygen atoms in total. The van der Waals surface area contributed by atoms with E-state index >= 15 is 0 Å². The molecule has 1 atom stereocenters. The van der Waals surface area contributed by atoms with Crippen molar-refractivity contribution in [3.05, 3.63) is 45.9 Å². The quantitative estimate of drug-likeness (QED) is 0.196. The number of methoxy groups -OCH3 is 1. The van der Waals surface area contributed by atoms with Crippen LogP contribution in [0.5, 0.6) is 5.75 Å². The summed E-state index contributed by atoms with van der Waals surface area (Å²) in [6, 6.07) is 8.80. The summed E-state index contributed by atoms with van der Waals surface area (Å²) in [6.07, 6.45) is 5.85. The lowest BCUT2D eigenvalue weighted by Gasteiger charge is -2.29. The predicted octanol–water partition coefficient (Wildman–Crippen LogP) is 4.40. The Kier molecular flexibility index (Phi) is 11.6. The van der Waals surface area contributed by atoms with Crippen LogP contribution >= 0.6 is 35.3 Å². The fourth-order valence-electron chi connectivity index (χ4n) is 3.88. The van der Waals surface area contributed by atoms with Crippen LogP contribution in [0.4, 0.5) is 0 Å². The monoisotopic (exact) mass is 557 g/mol. The van der Waals surface area contributed by atoms with E-state index in [0.717, 1.165) is 62.8 Å². The average Bonchev–Trinajstić information content (AvgIpc) is 3.44. The van der Waals surface area contributed by atoms with Crippen LogP contribution in [0.15, 0.2) is 34.6 Å². The number of aryl methyl sites for hydroxylation is 2. The van der Waals surface area contributed by atoms with Gasteiger partial charge < -0.3 is 15.4 Å². The molecule has 1 saturated heterocycles. The van der Waals surface area contributed by atoms with Crippen molar-refractivity contribution in [1.82, 2.24) is 20.5 Å². The van der Waals surface area contributed by atoms with Gasteiger partial charge in [-0.25, -0.2) is 4.98 Å². The highest BCUT2D eigenvalue weighted by Crippen LogP contribution is 2.26. The number of unbranched alkanes of at least 4 members (excludes halogenated alkanes) is 1. The Morgan fingerprint density at radius 2 is 1.94 bits per heavy atom. The van der Waals surface area contributed by atoms with Gasteiger partial charge >= 0.3 is 0 Å². The number of benzene rings is 1. The second-order valence-corrected chi connectivity index (χ2v) is 8.69. The van der Waals surface area contributed by atoms with E-state index < -0.39 is 0 Å². The van der Waals surface area contributed by atoms with Gasteiger partial charge in [0.25, 0.3) is 0 Å². The Morgan fingerprint density at radius 1 is 1.19 bits per heavy atom. The minimum atomic E-state index is 0. The van der Waals surface area contributed by atoms with Crippen molar-refractivity contribution in [2.45, 2.75) is 45.1 Å². The van der Waals surface area contributed by atoms with E-state index in [0.29, 0.717) is 6.04 Å². The maximum absolute atomic E-state index is 5.32. The van der Waals surface area contributed by atoms with Gasteiger partial charge in [0, 0.05) is 31.2 Å². The molecule has 172 valence electrons. The molecular formula is C23H36IN5OS. The van der Waals surface area contributed by atoms with Gasteiger partial charge in [0.05, 0.1) is 18.2 Å². The number of ether oxygens (including phenoxy) is 1. The van der Waals surface area contributed by atoms with Gasteiger partial charge in [-0.3, -0.25) is 9.89 Å². The summed E-state index contributed by atoms with van der Waals surface area (Å²) in [5, 5.41) is 10.4. The zero-order valence-corrected chi connectivity index (χ0v) is 22.0. The molecule has 2 heterocycles. The number of nitrogens with zero attached hydrogens (tertiary/aromatic N) is 3. The molecule has 3 rings (SSSR count). The molecule has 1 fully saturated rings. The standard InChI is InChI=1S/C23H35N5OS.HI/c1-18-17-30-22(27-18)8-4-5-13-25-23(24-2)26-16-21(28-14-6-7-15-28)19-9-11-20(29-3)12-10-19;/h9-12,17,21H,4-8,13-16H2,1-3H3,(H2,24,25,26);1H. The summed E-state index contributed by atoms with van der Waals surface area (Å²) < 4.78 is 5.32. The van der Waals surface area contributed by atoms with E-state index in [-0.39, 0.29) is 24.0 Å². The highest BCUT2D eigenvalue weighted by atomic mass is 127. The van der Waals surface area contributed by atoms with Crippen LogP contribution in [0.3, 0.4) is 0 Å². The van der Waals surface area contributed by atoms with Crippen molar-refractivity contribution in [3.63, 3.8) is 0 Å². The molecule has 2 aromatic rings. The molecule has 0 saturated carbocycles. The molecule has 2 N–H and O–H groups in total. The average molecular weight is 558 g/mol. The third kappa shape index (κ3) is 8.23. The normalized spacial score (nSPS) is 15.4. The smallest absolute Gasteiger partial charge is 0.191 e. The first-order valence-electron chi connectivity index (χ1n) is 10.9. The highest BCUT2D eigenvalue weighted by Gasteiger charge is 2.23. The third-order valence-electron chi connectivity index (χ3n) is 5.54. The highest BCUT2D eigenvalue weighted by molar-refractivity contribution is 14.0. The van der Waals surface area contributed by atoms with Gasteiger partial charge in [0.1, 0.15) is 5.75 Å². The molecule has 1 aliphatic rings. The van der Waals surface area contributed by atoms with Crippen LogP contribution in [-0.4, -0.2) is 56.2 Å². The number of hydrogen-bond donors (Lipinski definition) is 2. The van der Waals surface area contributed by atoms with Gasteiger partial charge in [-0.05, 0) is 69.8 Å². The van der Waals surface area contributed by atoms with E-state index in [1.165, 1.54) is 23.4 Å². The largest absolute Gasteiger partial charge is 0.497 e. The van der Waals surface area contributed by atoms with E-state index in [9.17, 15) is 0 Å². The fraction of sp³-hybridized carbons (Fsp3) is 0.565. The summed E-state index contributed by atoms with van der Waals surface area (Å²) in [4.78, 5) is 11.5. The topological polar surface area (TPSA) is 61.8 Å². The minimum absolute atomic E-state index is 0. The number of nitrogens with one attached hydrogen (secondary N) is 2. The Labute approximate surface area is 207 Å². The van der Waals surface area contributed by atoms with Crippen LogP contribution in [0.25, 0.3) is 0 Å². The molecule has 0 aliphatic carbocycles. The Hall–Kier alpha value is -1.39. The number of likely N-dealkylation sites (tertiary alicyclic amines) is 1. The second-order valence-electron chi connectivity index (χ2n) is 7.75. The maximum atomic E-state index is 5.32. The molecule has 1 aromatic carbocycles. The van der Waals surface area contributed by atoms with Crippen molar-refractivity contribution in [3.8, 4) is 5.75 Å². The number of aromatic nitrogens is 1. The van der Waals surface area contributed by atoms with E-state index in [2.05, 4.69) is 62.1 Å². The SMILES string of the molecule is CN=C(NCCCCc1nc(C)cs1)NCC(c1ccc(OC)cc1)N1CCCC1.I. The number of guanidine groups is 1. The Balaban J connectivity index is 0.00000341. The number of thiazole rings is 1. The molecule has 31 heavy (non-hydrogen) atoms. The Bertz CT molecular complexity index is 790. The van der Waals surface area contributed by atoms with Crippen molar-refractivity contribution in [2.75, 3.05) is 40.3 Å². The Morgan fingerprint density at radius 3 is 2.55 bits per heavy atom. The van der Waals surface area contributed by atoms with Gasteiger partial charge in [0.2, 0.25) is 0 Å². The summed E-state index contributed by atoms with van der Waals surface area (Å²) >= 11 is 1.76. The predicted molar refractivity (Wildman–Crippen MR) is 141 cm³/mol. The molecule has 1 unspecified atom stereocenters. The number of halogens is 1. The van der Waals surface area contributed by atoms with Crippen LogP contribution in [-0.2, 0) is 6.42 Å². The lowest BCUT2D eigenvalue weighted by atomic mass is 10.1. The summed E-state index contributed by atoms with van der Waals surface area (Å²) in [7, 11) is 3.55. The van der Waals surface area contributed by atoms with E-state index in [4.69, 9.17) is 4.74 Å². The molecule has 0 spiro atoms.